The number of nitriles is 1. The van der Waals surface area contributed by atoms with Crippen molar-refractivity contribution in [2.45, 2.75) is 13.0 Å². The molecule has 0 atom stereocenters. The summed E-state index contributed by atoms with van der Waals surface area (Å²) in [6.07, 6.45) is -0.0136. The average Bonchev–Trinajstić information content (AvgIpc) is 2.21. The van der Waals surface area contributed by atoms with Crippen LogP contribution >= 0.6 is 15.9 Å². The lowest BCUT2D eigenvalue weighted by atomic mass is 10.2. The topological polar surface area (TPSA) is 44.1 Å². The number of carbonyl (C=O) groups excluding carboxylic acids is 1. The number of rotatable bonds is 5. The van der Waals surface area contributed by atoms with Gasteiger partial charge in [-0.2, -0.15) is 5.26 Å². The minimum atomic E-state index is -0.0444. The molecule has 16 heavy (non-hydrogen) atoms. The summed E-state index contributed by atoms with van der Waals surface area (Å²) in [6.45, 7) is 1.01. The molecular formula is C12H13BrN2O. The highest BCUT2D eigenvalue weighted by Crippen LogP contribution is 2.17. The first-order valence-corrected chi connectivity index (χ1v) is 5.73. The van der Waals surface area contributed by atoms with Gasteiger partial charge in [0, 0.05) is 11.0 Å². The van der Waals surface area contributed by atoms with E-state index in [-0.39, 0.29) is 12.2 Å². The van der Waals surface area contributed by atoms with E-state index in [0.29, 0.717) is 13.1 Å². The van der Waals surface area contributed by atoms with E-state index in [1.165, 1.54) is 0 Å². The molecule has 1 aromatic carbocycles. The maximum atomic E-state index is 11.3. The van der Waals surface area contributed by atoms with Crippen LogP contribution in [0.1, 0.15) is 12.0 Å². The van der Waals surface area contributed by atoms with Gasteiger partial charge < -0.3 is 0 Å². The van der Waals surface area contributed by atoms with E-state index >= 15 is 0 Å². The van der Waals surface area contributed by atoms with E-state index in [1.807, 2.05) is 42.3 Å². The van der Waals surface area contributed by atoms with Gasteiger partial charge in [-0.1, -0.05) is 34.1 Å². The minimum Gasteiger partial charge on any atom is -0.297 e. The van der Waals surface area contributed by atoms with Crippen LogP contribution < -0.4 is 0 Å². The summed E-state index contributed by atoms with van der Waals surface area (Å²) in [5.41, 5.74) is 1.13. The first-order chi connectivity index (χ1) is 7.63. The van der Waals surface area contributed by atoms with E-state index < -0.39 is 0 Å². The van der Waals surface area contributed by atoms with Gasteiger partial charge in [-0.3, -0.25) is 9.69 Å². The third-order valence-electron chi connectivity index (χ3n) is 2.12. The summed E-state index contributed by atoms with van der Waals surface area (Å²) in [4.78, 5) is 13.2. The molecule has 0 heterocycles. The molecule has 0 aliphatic rings. The lowest BCUT2D eigenvalue weighted by molar-refractivity contribution is -0.119. The maximum Gasteiger partial charge on any atom is 0.160 e. The number of halogens is 1. The highest BCUT2D eigenvalue weighted by molar-refractivity contribution is 9.10. The van der Waals surface area contributed by atoms with Crippen LogP contribution in [0.2, 0.25) is 0 Å². The number of hydrogen-bond acceptors (Lipinski definition) is 3. The first-order valence-electron chi connectivity index (χ1n) is 4.94. The second-order valence-corrected chi connectivity index (χ2v) is 4.49. The van der Waals surface area contributed by atoms with Gasteiger partial charge in [0.05, 0.1) is 19.0 Å². The van der Waals surface area contributed by atoms with E-state index in [2.05, 4.69) is 15.9 Å². The predicted octanol–water partition coefficient (Wildman–Crippen LogP) is 2.36. The maximum absolute atomic E-state index is 11.3. The van der Waals surface area contributed by atoms with Crippen LogP contribution in [0.15, 0.2) is 28.7 Å². The molecule has 0 aliphatic carbocycles. The van der Waals surface area contributed by atoms with E-state index in [4.69, 9.17) is 5.26 Å². The van der Waals surface area contributed by atoms with Crippen molar-refractivity contribution >= 4 is 21.7 Å². The molecule has 1 aromatic rings. The quantitative estimate of drug-likeness (QED) is 0.832. The van der Waals surface area contributed by atoms with Crippen molar-refractivity contribution in [2.24, 2.45) is 0 Å². The largest absolute Gasteiger partial charge is 0.297 e. The summed E-state index contributed by atoms with van der Waals surface area (Å²) < 4.78 is 1.04. The summed E-state index contributed by atoms with van der Waals surface area (Å²) >= 11 is 3.46. The molecule has 0 aliphatic heterocycles. The fraction of sp³-hybridized carbons (Fsp3) is 0.333. The van der Waals surface area contributed by atoms with Crippen LogP contribution in [0.4, 0.5) is 0 Å². The van der Waals surface area contributed by atoms with Crippen molar-refractivity contribution < 1.29 is 4.79 Å². The summed E-state index contributed by atoms with van der Waals surface area (Å²) in [6, 6.07) is 9.76. The summed E-state index contributed by atoms with van der Waals surface area (Å²) in [5, 5.41) is 8.39. The molecule has 0 unspecified atom stereocenters. The smallest absolute Gasteiger partial charge is 0.160 e. The zero-order valence-electron chi connectivity index (χ0n) is 9.11. The van der Waals surface area contributed by atoms with Gasteiger partial charge in [-0.25, -0.2) is 0 Å². The Labute approximate surface area is 104 Å². The fourth-order valence-electron chi connectivity index (χ4n) is 1.42. The fourth-order valence-corrected chi connectivity index (χ4v) is 1.83. The molecule has 0 bridgehead atoms. The van der Waals surface area contributed by atoms with Gasteiger partial charge in [0.15, 0.2) is 5.78 Å². The van der Waals surface area contributed by atoms with Gasteiger partial charge in [-0.15, -0.1) is 0 Å². The molecule has 0 saturated heterocycles. The third kappa shape index (κ3) is 4.13. The van der Waals surface area contributed by atoms with Crippen LogP contribution in [0.5, 0.6) is 0 Å². The highest BCUT2D eigenvalue weighted by atomic mass is 79.9. The second kappa shape index (κ2) is 6.41. The Hall–Kier alpha value is -1.18. The molecule has 0 amide bonds. The molecule has 0 radical (unpaired) electrons. The van der Waals surface area contributed by atoms with E-state index in [0.717, 1.165) is 10.0 Å². The number of carbonyl (C=O) groups is 1. The molecule has 0 saturated carbocycles. The normalized spacial score (nSPS) is 10.1. The Morgan fingerprint density at radius 1 is 1.50 bits per heavy atom. The van der Waals surface area contributed by atoms with Crippen molar-refractivity contribution in [1.82, 2.24) is 4.90 Å². The molecule has 0 aromatic heterocycles. The molecule has 0 spiro atoms. The molecule has 4 heteroatoms. The Morgan fingerprint density at radius 2 is 2.19 bits per heavy atom. The molecule has 1 rings (SSSR count). The van der Waals surface area contributed by atoms with Crippen LogP contribution in [-0.2, 0) is 11.3 Å². The van der Waals surface area contributed by atoms with Gasteiger partial charge >= 0.3 is 0 Å². The molecule has 0 fully saturated rings. The van der Waals surface area contributed by atoms with Gasteiger partial charge in [0.1, 0.15) is 0 Å². The minimum absolute atomic E-state index is 0.0136. The molecular weight excluding hydrogens is 268 g/mol. The molecule has 3 nitrogen and oxygen atoms in total. The van der Waals surface area contributed by atoms with Crippen LogP contribution in [0, 0.1) is 11.3 Å². The SMILES string of the molecule is CN(CC(=O)CC#N)Cc1ccccc1Br. The zero-order chi connectivity index (χ0) is 12.0. The first kappa shape index (κ1) is 12.9. The Kier molecular flexibility index (Phi) is 5.17. The van der Waals surface area contributed by atoms with E-state index in [9.17, 15) is 4.79 Å². The van der Waals surface area contributed by atoms with Gasteiger partial charge in [0.2, 0.25) is 0 Å². The van der Waals surface area contributed by atoms with Crippen molar-refractivity contribution in [2.75, 3.05) is 13.6 Å². The van der Waals surface area contributed by atoms with E-state index in [1.54, 1.807) is 0 Å². The van der Waals surface area contributed by atoms with Gasteiger partial charge in [0.25, 0.3) is 0 Å². The second-order valence-electron chi connectivity index (χ2n) is 3.64. The van der Waals surface area contributed by atoms with Crippen molar-refractivity contribution in [3.63, 3.8) is 0 Å². The zero-order valence-corrected chi connectivity index (χ0v) is 10.7. The average molecular weight is 281 g/mol. The standard InChI is InChI=1S/C12H13BrN2O/c1-15(9-11(16)6-7-14)8-10-4-2-3-5-12(10)13/h2-5H,6,8-9H2,1H3. The summed E-state index contributed by atoms with van der Waals surface area (Å²) in [5.74, 6) is -0.0444. The third-order valence-corrected chi connectivity index (χ3v) is 2.89. The molecule has 0 N–H and O–H groups in total. The Balaban J connectivity index is 2.52. The van der Waals surface area contributed by atoms with Crippen LogP contribution in [0.25, 0.3) is 0 Å². The Bertz CT molecular complexity index is 412. The predicted molar refractivity (Wildman–Crippen MR) is 65.7 cm³/mol. The number of benzene rings is 1. The van der Waals surface area contributed by atoms with Crippen molar-refractivity contribution in [3.05, 3.63) is 34.3 Å². The lowest BCUT2D eigenvalue weighted by Crippen LogP contribution is -2.25. The molecule has 84 valence electrons. The highest BCUT2D eigenvalue weighted by Gasteiger charge is 2.08. The summed E-state index contributed by atoms with van der Waals surface area (Å²) in [7, 11) is 1.87. The number of ketones is 1. The monoisotopic (exact) mass is 280 g/mol. The van der Waals surface area contributed by atoms with Crippen molar-refractivity contribution in [1.29, 1.82) is 5.26 Å². The van der Waals surface area contributed by atoms with Gasteiger partial charge in [-0.05, 0) is 18.7 Å². The Morgan fingerprint density at radius 3 is 2.81 bits per heavy atom. The van der Waals surface area contributed by atoms with Crippen LogP contribution in [-0.4, -0.2) is 24.3 Å². The number of Topliss-reactive ketones (excluding diaryl/α,β-unsaturated/α-hetero) is 1. The lowest BCUT2D eigenvalue weighted by Gasteiger charge is -2.15. The van der Waals surface area contributed by atoms with Crippen molar-refractivity contribution in [3.8, 4) is 6.07 Å². The number of likely N-dealkylation sites (N-methyl/N-ethyl adjacent to an activating group) is 1. The number of hydrogen-bond donors (Lipinski definition) is 0. The number of nitrogens with zero attached hydrogens (tertiary/aromatic N) is 2. The van der Waals surface area contributed by atoms with Crippen LogP contribution in [0.3, 0.4) is 0 Å².